The molecule has 2 aliphatic carbocycles. The molecule has 1 aromatic heterocycles. The molecule has 3 aromatic rings. The van der Waals surface area contributed by atoms with Crippen molar-refractivity contribution in [2.75, 3.05) is 18.6 Å². The van der Waals surface area contributed by atoms with Crippen LogP contribution >= 0.6 is 0 Å². The van der Waals surface area contributed by atoms with Crippen LogP contribution in [0.5, 0.6) is 5.75 Å². The van der Waals surface area contributed by atoms with Gasteiger partial charge in [0.25, 0.3) is 0 Å². The zero-order valence-corrected chi connectivity index (χ0v) is 29.8. The third-order valence-corrected chi connectivity index (χ3v) is 15.3. The highest BCUT2D eigenvalue weighted by Crippen LogP contribution is 2.41. The van der Waals surface area contributed by atoms with Gasteiger partial charge in [-0.2, -0.15) is 0 Å². The average molecular weight is 631 g/mol. The number of ether oxygens (including phenoxy) is 1. The molecular weight excluding hydrogens is 577 g/mol. The summed E-state index contributed by atoms with van der Waals surface area (Å²) in [4.78, 5) is 20.8. The number of methoxy groups -OCH3 is 1. The molecule has 2 aliphatic rings. The Balaban J connectivity index is 1.30. The SMILES string of the molecule is COc1ccc([C@H]2CC[C@H](CN(c3cccc(-c4cnc(C)o4)c3)C(=O)[C@H]3CC[C@H](O[Si](C)(C)C(C)(C)C)CC3)CC2)cc1C. The van der Waals surface area contributed by atoms with Crippen LogP contribution in [0.4, 0.5) is 5.69 Å². The number of aromatic nitrogens is 1. The minimum absolute atomic E-state index is 0.0269. The van der Waals surface area contributed by atoms with Gasteiger partial charge >= 0.3 is 0 Å². The number of aryl methyl sites for hydroxylation is 2. The summed E-state index contributed by atoms with van der Waals surface area (Å²) >= 11 is 0. The number of nitrogens with zero attached hydrogens (tertiary/aromatic N) is 2. The predicted octanol–water partition coefficient (Wildman–Crippen LogP) is 9.85. The molecule has 5 rings (SSSR count). The van der Waals surface area contributed by atoms with Crippen molar-refractivity contribution in [3.8, 4) is 17.1 Å². The number of benzene rings is 2. The number of oxazole rings is 1. The van der Waals surface area contributed by atoms with E-state index in [0.29, 0.717) is 17.7 Å². The summed E-state index contributed by atoms with van der Waals surface area (Å²) in [6.07, 6.45) is 10.3. The lowest BCUT2D eigenvalue weighted by molar-refractivity contribution is -0.124. The van der Waals surface area contributed by atoms with E-state index in [4.69, 9.17) is 13.6 Å². The smallest absolute Gasteiger partial charge is 0.230 e. The Morgan fingerprint density at radius 1 is 0.978 bits per heavy atom. The number of hydrogen-bond acceptors (Lipinski definition) is 5. The molecule has 0 aliphatic heterocycles. The Labute approximate surface area is 272 Å². The van der Waals surface area contributed by atoms with Crippen molar-refractivity contribution in [2.45, 2.75) is 116 Å². The Morgan fingerprint density at radius 3 is 2.29 bits per heavy atom. The third kappa shape index (κ3) is 7.91. The Kier molecular flexibility index (Phi) is 10.3. The van der Waals surface area contributed by atoms with Crippen molar-refractivity contribution >= 4 is 19.9 Å². The maximum Gasteiger partial charge on any atom is 0.230 e. The topological polar surface area (TPSA) is 64.8 Å². The Morgan fingerprint density at radius 2 is 1.69 bits per heavy atom. The predicted molar refractivity (Wildman–Crippen MR) is 185 cm³/mol. The summed E-state index contributed by atoms with van der Waals surface area (Å²) in [5.74, 6) is 3.65. The number of carbonyl (C=O) groups is 1. The van der Waals surface area contributed by atoms with Crippen molar-refractivity contribution in [3.63, 3.8) is 0 Å². The van der Waals surface area contributed by atoms with Crippen LogP contribution in [0.2, 0.25) is 18.1 Å². The van der Waals surface area contributed by atoms with Gasteiger partial charge in [0.15, 0.2) is 20.0 Å². The Bertz CT molecular complexity index is 1440. The average Bonchev–Trinajstić information content (AvgIpc) is 3.46. The zero-order valence-electron chi connectivity index (χ0n) is 28.8. The molecule has 0 unspecified atom stereocenters. The zero-order chi connectivity index (χ0) is 32.4. The van der Waals surface area contributed by atoms with Gasteiger partial charge in [-0.25, -0.2) is 4.98 Å². The van der Waals surface area contributed by atoms with E-state index in [2.05, 4.69) is 81.0 Å². The molecule has 0 bridgehead atoms. The second-order valence-electron chi connectivity index (χ2n) is 15.0. The van der Waals surface area contributed by atoms with Gasteiger partial charge in [0.05, 0.1) is 13.3 Å². The summed E-state index contributed by atoms with van der Waals surface area (Å²) in [7, 11) is -0.103. The fourth-order valence-corrected chi connectivity index (χ4v) is 8.40. The van der Waals surface area contributed by atoms with E-state index in [-0.39, 0.29) is 23.0 Å². The standard InChI is InChI=1S/C38H54N2O4Si/c1-26-22-31(18-21-35(26)42-6)29-14-12-28(13-15-29)25-40(33-11-9-10-32(23-33)36-24-39-27(2)43-36)37(41)30-16-19-34(20-17-30)44-45(7,8)38(3,4)5/h9-11,18,21-24,28-30,34H,12-17,19-20,25H2,1-8H3/t28-,29-,30-,34-. The first kappa shape index (κ1) is 33.5. The first-order valence-electron chi connectivity index (χ1n) is 17.0. The summed E-state index contributed by atoms with van der Waals surface area (Å²) in [6.45, 7) is 16.3. The molecular formula is C38H54N2O4Si. The van der Waals surface area contributed by atoms with Crippen LogP contribution in [0, 0.1) is 25.7 Å². The van der Waals surface area contributed by atoms with Crippen LogP contribution in [-0.2, 0) is 9.22 Å². The first-order chi connectivity index (χ1) is 21.3. The number of carbonyl (C=O) groups excluding carboxylic acids is 1. The minimum Gasteiger partial charge on any atom is -0.496 e. The molecule has 1 amide bonds. The van der Waals surface area contributed by atoms with Crippen molar-refractivity contribution in [3.05, 3.63) is 65.7 Å². The van der Waals surface area contributed by atoms with Gasteiger partial charge in [-0.05, 0) is 118 Å². The van der Waals surface area contributed by atoms with Crippen LogP contribution in [0.1, 0.15) is 95.1 Å². The van der Waals surface area contributed by atoms with Crippen LogP contribution in [0.3, 0.4) is 0 Å². The van der Waals surface area contributed by atoms with Gasteiger partial charge in [0.2, 0.25) is 5.91 Å². The normalized spacial score (nSPS) is 22.7. The molecule has 0 radical (unpaired) electrons. The van der Waals surface area contributed by atoms with Crippen molar-refractivity contribution in [2.24, 2.45) is 11.8 Å². The monoisotopic (exact) mass is 630 g/mol. The lowest BCUT2D eigenvalue weighted by Crippen LogP contribution is -2.46. The second kappa shape index (κ2) is 13.8. The maximum absolute atomic E-state index is 14.4. The molecule has 0 atom stereocenters. The minimum atomic E-state index is -1.84. The molecule has 2 saturated carbocycles. The molecule has 1 heterocycles. The fraction of sp³-hybridized carbons (Fsp3) is 0.579. The first-order valence-corrected chi connectivity index (χ1v) is 19.9. The van der Waals surface area contributed by atoms with E-state index in [1.807, 2.05) is 19.1 Å². The molecule has 0 spiro atoms. The molecule has 45 heavy (non-hydrogen) atoms. The molecule has 6 nitrogen and oxygen atoms in total. The second-order valence-corrected chi connectivity index (χ2v) is 19.8. The molecule has 7 heteroatoms. The van der Waals surface area contributed by atoms with E-state index in [1.54, 1.807) is 13.3 Å². The van der Waals surface area contributed by atoms with E-state index in [0.717, 1.165) is 80.7 Å². The summed E-state index contributed by atoms with van der Waals surface area (Å²) in [6, 6.07) is 14.9. The van der Waals surface area contributed by atoms with E-state index in [9.17, 15) is 4.79 Å². The van der Waals surface area contributed by atoms with Crippen LogP contribution in [0.25, 0.3) is 11.3 Å². The van der Waals surface area contributed by atoms with Gasteiger partial charge in [-0.1, -0.05) is 45.0 Å². The molecule has 0 N–H and O–H groups in total. The molecule has 0 saturated heterocycles. The van der Waals surface area contributed by atoms with Gasteiger partial charge in [-0.15, -0.1) is 0 Å². The van der Waals surface area contributed by atoms with Gasteiger partial charge in [0, 0.05) is 36.7 Å². The van der Waals surface area contributed by atoms with E-state index >= 15 is 0 Å². The lowest BCUT2D eigenvalue weighted by Gasteiger charge is -2.41. The third-order valence-electron chi connectivity index (χ3n) is 10.8. The van der Waals surface area contributed by atoms with Crippen molar-refractivity contribution in [1.82, 2.24) is 4.98 Å². The number of rotatable bonds is 9. The largest absolute Gasteiger partial charge is 0.496 e. The Hall–Kier alpha value is -2.90. The molecule has 2 aromatic carbocycles. The van der Waals surface area contributed by atoms with Crippen LogP contribution in [-0.4, -0.2) is 39.0 Å². The molecule has 244 valence electrons. The molecule has 2 fully saturated rings. The highest BCUT2D eigenvalue weighted by atomic mass is 28.4. The number of anilines is 1. The van der Waals surface area contributed by atoms with Crippen molar-refractivity contribution in [1.29, 1.82) is 0 Å². The summed E-state index contributed by atoms with van der Waals surface area (Å²) < 4.78 is 18.1. The van der Waals surface area contributed by atoms with Gasteiger partial charge in [0.1, 0.15) is 5.75 Å². The highest BCUT2D eigenvalue weighted by molar-refractivity contribution is 6.74. The van der Waals surface area contributed by atoms with Crippen LogP contribution < -0.4 is 9.64 Å². The van der Waals surface area contributed by atoms with E-state index in [1.165, 1.54) is 11.1 Å². The number of hydrogen-bond donors (Lipinski definition) is 0. The maximum atomic E-state index is 14.4. The fourth-order valence-electron chi connectivity index (χ4n) is 6.98. The van der Waals surface area contributed by atoms with E-state index < -0.39 is 8.32 Å². The van der Waals surface area contributed by atoms with Gasteiger partial charge in [-0.3, -0.25) is 4.79 Å². The van der Waals surface area contributed by atoms with Gasteiger partial charge < -0.3 is 18.5 Å². The highest BCUT2D eigenvalue weighted by Gasteiger charge is 2.41. The number of amides is 1. The van der Waals surface area contributed by atoms with Crippen molar-refractivity contribution < 1.29 is 18.4 Å². The lowest BCUT2D eigenvalue weighted by atomic mass is 9.78. The summed E-state index contributed by atoms with van der Waals surface area (Å²) in [5, 5.41) is 0.189. The van der Waals surface area contributed by atoms with Crippen LogP contribution in [0.15, 0.2) is 53.1 Å². The quantitative estimate of drug-likeness (QED) is 0.220. The summed E-state index contributed by atoms with van der Waals surface area (Å²) in [5.41, 5.74) is 4.52.